The molecule has 5 heteroatoms. The third-order valence-corrected chi connectivity index (χ3v) is 3.83. The van der Waals surface area contributed by atoms with Gasteiger partial charge in [0.2, 0.25) is 0 Å². The van der Waals surface area contributed by atoms with Crippen LogP contribution in [-0.2, 0) is 9.53 Å². The molecule has 0 aromatic carbocycles. The molecule has 2 fully saturated rings. The minimum atomic E-state index is -0.904. The van der Waals surface area contributed by atoms with E-state index < -0.39 is 5.97 Å². The van der Waals surface area contributed by atoms with Crippen molar-refractivity contribution < 1.29 is 19.7 Å². The summed E-state index contributed by atoms with van der Waals surface area (Å²) in [5.41, 5.74) is 0. The second-order valence-electron chi connectivity index (χ2n) is 5.01. The van der Waals surface area contributed by atoms with Crippen molar-refractivity contribution >= 4 is 5.97 Å². The van der Waals surface area contributed by atoms with E-state index in [4.69, 9.17) is 9.84 Å². The molecule has 1 aliphatic heterocycles. The molecular weight excluding hydrogens is 222 g/mol. The molecule has 5 nitrogen and oxygen atoms in total. The Kier molecular flexibility index (Phi) is 4.36. The Labute approximate surface area is 101 Å². The summed E-state index contributed by atoms with van der Waals surface area (Å²) in [6.07, 6.45) is 4.75. The average molecular weight is 243 g/mol. The third kappa shape index (κ3) is 3.40. The molecule has 2 aliphatic rings. The van der Waals surface area contributed by atoms with Gasteiger partial charge in [0.25, 0.3) is 0 Å². The zero-order valence-electron chi connectivity index (χ0n) is 10.0. The Morgan fingerprint density at radius 3 is 2.47 bits per heavy atom. The van der Waals surface area contributed by atoms with Gasteiger partial charge in [-0.3, -0.25) is 4.90 Å². The van der Waals surface area contributed by atoms with E-state index in [0.717, 1.165) is 45.2 Å². The van der Waals surface area contributed by atoms with Gasteiger partial charge in [-0.05, 0) is 32.1 Å². The summed E-state index contributed by atoms with van der Waals surface area (Å²) < 4.78 is 5.29. The van der Waals surface area contributed by atoms with E-state index >= 15 is 0 Å². The molecular formula is C12H21NO4. The summed E-state index contributed by atoms with van der Waals surface area (Å²) in [7, 11) is 0. The molecule has 0 amide bonds. The van der Waals surface area contributed by atoms with Gasteiger partial charge in [0.1, 0.15) is 6.61 Å². The zero-order valence-corrected chi connectivity index (χ0v) is 10.0. The molecule has 1 heterocycles. The molecule has 0 spiro atoms. The lowest BCUT2D eigenvalue weighted by molar-refractivity contribution is -0.145. The Balaban J connectivity index is 1.72. The van der Waals surface area contributed by atoms with E-state index in [2.05, 4.69) is 4.90 Å². The highest BCUT2D eigenvalue weighted by Gasteiger charge is 2.33. The Morgan fingerprint density at radius 2 is 1.94 bits per heavy atom. The predicted octanol–water partition coefficient (Wildman–Crippen LogP) is 0.465. The van der Waals surface area contributed by atoms with Gasteiger partial charge in [-0.15, -0.1) is 0 Å². The Hall–Kier alpha value is -0.650. The van der Waals surface area contributed by atoms with Crippen LogP contribution in [0.3, 0.4) is 0 Å². The molecule has 0 aromatic rings. The smallest absolute Gasteiger partial charge is 0.329 e. The first-order valence-electron chi connectivity index (χ1n) is 6.42. The first-order chi connectivity index (χ1) is 8.16. The molecule has 2 N–H and O–H groups in total. The van der Waals surface area contributed by atoms with Gasteiger partial charge in [-0.2, -0.15) is 0 Å². The van der Waals surface area contributed by atoms with Crippen LogP contribution >= 0.6 is 0 Å². The van der Waals surface area contributed by atoms with Crippen molar-refractivity contribution in [1.82, 2.24) is 4.90 Å². The SMILES string of the molecule is O=C(O)COC1CCN(C2CCCC2O)CC1. The van der Waals surface area contributed by atoms with Crippen molar-refractivity contribution in [3.8, 4) is 0 Å². The molecule has 0 radical (unpaired) electrons. The van der Waals surface area contributed by atoms with E-state index in [1.54, 1.807) is 0 Å². The molecule has 1 aliphatic carbocycles. The lowest BCUT2D eigenvalue weighted by atomic mass is 10.0. The number of carbonyl (C=O) groups is 1. The van der Waals surface area contributed by atoms with Crippen LogP contribution in [0.15, 0.2) is 0 Å². The number of rotatable bonds is 4. The van der Waals surface area contributed by atoms with Gasteiger partial charge in [-0.1, -0.05) is 0 Å². The van der Waals surface area contributed by atoms with Crippen molar-refractivity contribution in [1.29, 1.82) is 0 Å². The van der Waals surface area contributed by atoms with Crippen LogP contribution in [0.5, 0.6) is 0 Å². The quantitative estimate of drug-likeness (QED) is 0.751. The number of hydrogen-bond acceptors (Lipinski definition) is 4. The van der Waals surface area contributed by atoms with Gasteiger partial charge in [-0.25, -0.2) is 4.79 Å². The third-order valence-electron chi connectivity index (χ3n) is 3.83. The molecule has 98 valence electrons. The highest BCUT2D eigenvalue weighted by atomic mass is 16.5. The van der Waals surface area contributed by atoms with Crippen LogP contribution in [0, 0.1) is 0 Å². The summed E-state index contributed by atoms with van der Waals surface area (Å²) in [4.78, 5) is 12.7. The van der Waals surface area contributed by atoms with Gasteiger partial charge in [0.05, 0.1) is 12.2 Å². The molecule has 2 rings (SSSR count). The standard InChI is InChI=1S/C12H21NO4/c14-11-3-1-2-10(11)13-6-4-9(5-7-13)17-8-12(15)16/h9-11,14H,1-8H2,(H,15,16). The lowest BCUT2D eigenvalue weighted by Crippen LogP contribution is -2.46. The topological polar surface area (TPSA) is 70.0 Å². The molecule has 1 saturated heterocycles. The number of nitrogens with zero attached hydrogens (tertiary/aromatic N) is 1. The minimum Gasteiger partial charge on any atom is -0.480 e. The first kappa shape index (κ1) is 12.8. The summed E-state index contributed by atoms with van der Waals surface area (Å²) in [6.45, 7) is 1.62. The van der Waals surface area contributed by atoms with Crippen molar-refractivity contribution in [3.05, 3.63) is 0 Å². The van der Waals surface area contributed by atoms with Crippen LogP contribution in [0.2, 0.25) is 0 Å². The van der Waals surface area contributed by atoms with Crippen molar-refractivity contribution in [3.63, 3.8) is 0 Å². The molecule has 0 bridgehead atoms. The number of aliphatic hydroxyl groups excluding tert-OH is 1. The van der Waals surface area contributed by atoms with Gasteiger partial charge < -0.3 is 14.9 Å². The van der Waals surface area contributed by atoms with Gasteiger partial charge >= 0.3 is 5.97 Å². The summed E-state index contributed by atoms with van der Waals surface area (Å²) in [6, 6.07) is 0.315. The fourth-order valence-electron chi connectivity index (χ4n) is 2.91. The van der Waals surface area contributed by atoms with Crippen LogP contribution in [0.25, 0.3) is 0 Å². The number of aliphatic carboxylic acids is 1. The fraction of sp³-hybridized carbons (Fsp3) is 0.917. The molecule has 1 saturated carbocycles. The zero-order chi connectivity index (χ0) is 12.3. The van der Waals surface area contributed by atoms with Crippen molar-refractivity contribution in [2.75, 3.05) is 19.7 Å². The van der Waals surface area contributed by atoms with Gasteiger partial charge in [0, 0.05) is 19.1 Å². The number of aliphatic hydroxyl groups is 1. The normalized spacial score (nSPS) is 31.8. The van der Waals surface area contributed by atoms with Crippen LogP contribution in [-0.4, -0.2) is 59.0 Å². The summed E-state index contributed by atoms with van der Waals surface area (Å²) >= 11 is 0. The number of likely N-dealkylation sites (tertiary alicyclic amines) is 1. The molecule has 2 unspecified atom stereocenters. The van der Waals surface area contributed by atoms with E-state index in [9.17, 15) is 9.90 Å². The van der Waals surface area contributed by atoms with Crippen LogP contribution in [0.4, 0.5) is 0 Å². The van der Waals surface area contributed by atoms with Crippen molar-refractivity contribution in [2.24, 2.45) is 0 Å². The second-order valence-corrected chi connectivity index (χ2v) is 5.01. The van der Waals surface area contributed by atoms with Crippen LogP contribution < -0.4 is 0 Å². The first-order valence-corrected chi connectivity index (χ1v) is 6.42. The summed E-state index contributed by atoms with van der Waals surface area (Å²) in [5, 5.41) is 18.4. The second kappa shape index (κ2) is 5.80. The van der Waals surface area contributed by atoms with E-state index in [-0.39, 0.29) is 18.8 Å². The Morgan fingerprint density at radius 1 is 1.24 bits per heavy atom. The van der Waals surface area contributed by atoms with Crippen molar-refractivity contribution in [2.45, 2.75) is 50.4 Å². The highest BCUT2D eigenvalue weighted by molar-refractivity contribution is 5.68. The minimum absolute atomic E-state index is 0.0703. The molecule has 2 atom stereocenters. The maximum Gasteiger partial charge on any atom is 0.329 e. The van der Waals surface area contributed by atoms with Gasteiger partial charge in [0.15, 0.2) is 0 Å². The number of hydrogen-bond donors (Lipinski definition) is 2. The number of ether oxygens (including phenoxy) is 1. The van der Waals surface area contributed by atoms with E-state index in [0.29, 0.717) is 6.04 Å². The summed E-state index contributed by atoms with van der Waals surface area (Å²) in [5.74, 6) is -0.904. The monoisotopic (exact) mass is 243 g/mol. The van der Waals surface area contributed by atoms with Crippen LogP contribution in [0.1, 0.15) is 32.1 Å². The fourth-order valence-corrected chi connectivity index (χ4v) is 2.91. The van der Waals surface area contributed by atoms with E-state index in [1.165, 1.54) is 0 Å². The maximum atomic E-state index is 10.4. The Bertz CT molecular complexity index is 263. The van der Waals surface area contributed by atoms with E-state index in [1.807, 2.05) is 0 Å². The molecule has 17 heavy (non-hydrogen) atoms. The average Bonchev–Trinajstić information content (AvgIpc) is 2.73. The maximum absolute atomic E-state index is 10.4. The largest absolute Gasteiger partial charge is 0.480 e. The lowest BCUT2D eigenvalue weighted by Gasteiger charge is -2.37. The highest BCUT2D eigenvalue weighted by Crippen LogP contribution is 2.27. The molecule has 0 aromatic heterocycles. The number of carboxylic acids is 1. The number of carboxylic acid groups (broad SMARTS) is 1. The predicted molar refractivity (Wildman–Crippen MR) is 61.8 cm³/mol. The number of piperidine rings is 1.